The van der Waals surface area contributed by atoms with Crippen LogP contribution in [0.25, 0.3) is 0 Å². The van der Waals surface area contributed by atoms with Crippen molar-refractivity contribution in [1.29, 1.82) is 0 Å². The SMILES string of the molecule is CC(c1ccccc1Cl)N(C)CC(C(N)=S)C(F)(F)F. The van der Waals surface area contributed by atoms with Crippen molar-refractivity contribution in [1.82, 2.24) is 4.90 Å². The molecular formula is C13H16ClF3N2S. The number of alkyl halides is 3. The van der Waals surface area contributed by atoms with E-state index in [-0.39, 0.29) is 12.6 Å². The van der Waals surface area contributed by atoms with E-state index in [2.05, 4.69) is 12.2 Å². The van der Waals surface area contributed by atoms with E-state index in [1.54, 1.807) is 43.1 Å². The van der Waals surface area contributed by atoms with E-state index in [9.17, 15) is 13.2 Å². The number of hydrogen-bond acceptors (Lipinski definition) is 2. The van der Waals surface area contributed by atoms with Gasteiger partial charge in [-0.1, -0.05) is 42.0 Å². The third kappa shape index (κ3) is 4.33. The summed E-state index contributed by atoms with van der Waals surface area (Å²) in [5.41, 5.74) is 5.96. The maximum Gasteiger partial charge on any atom is 0.399 e. The molecule has 0 fully saturated rings. The van der Waals surface area contributed by atoms with Gasteiger partial charge in [-0.15, -0.1) is 0 Å². The number of benzene rings is 1. The van der Waals surface area contributed by atoms with Crippen LogP contribution >= 0.6 is 23.8 Å². The van der Waals surface area contributed by atoms with Gasteiger partial charge in [0.05, 0.1) is 4.99 Å². The lowest BCUT2D eigenvalue weighted by Gasteiger charge is -2.30. The zero-order valence-corrected chi connectivity index (χ0v) is 12.7. The Morgan fingerprint density at radius 3 is 2.40 bits per heavy atom. The van der Waals surface area contributed by atoms with Gasteiger partial charge in [0.2, 0.25) is 0 Å². The molecule has 1 rings (SSSR count). The molecule has 2 unspecified atom stereocenters. The van der Waals surface area contributed by atoms with Crippen molar-refractivity contribution in [2.45, 2.75) is 19.1 Å². The molecular weight excluding hydrogens is 309 g/mol. The first-order chi connectivity index (χ1) is 9.14. The van der Waals surface area contributed by atoms with Crippen molar-refractivity contribution in [3.05, 3.63) is 34.9 Å². The Morgan fingerprint density at radius 1 is 1.40 bits per heavy atom. The van der Waals surface area contributed by atoms with E-state index in [1.807, 2.05) is 0 Å². The Bertz CT molecular complexity index is 479. The lowest BCUT2D eigenvalue weighted by Crippen LogP contribution is -2.43. The summed E-state index contributed by atoms with van der Waals surface area (Å²) in [4.78, 5) is 0.995. The number of nitrogens with two attached hydrogens (primary N) is 1. The van der Waals surface area contributed by atoms with E-state index < -0.39 is 17.1 Å². The molecule has 7 heteroatoms. The maximum absolute atomic E-state index is 12.9. The molecule has 0 saturated heterocycles. The van der Waals surface area contributed by atoms with Gasteiger partial charge in [-0.2, -0.15) is 13.2 Å². The standard InChI is InChI=1S/C13H16ClF3N2S/c1-8(9-5-3-4-6-11(9)14)19(2)7-10(12(18)20)13(15,16)17/h3-6,8,10H,7H2,1-2H3,(H2,18,20). The Hall–Kier alpha value is -0.850. The summed E-state index contributed by atoms with van der Waals surface area (Å²) in [6, 6.07) is 6.78. The molecule has 1 aromatic rings. The molecule has 112 valence electrons. The molecule has 2 atom stereocenters. The summed E-state index contributed by atoms with van der Waals surface area (Å²) in [5.74, 6) is -1.83. The van der Waals surface area contributed by atoms with Crippen LogP contribution in [0.1, 0.15) is 18.5 Å². The number of hydrogen-bond donors (Lipinski definition) is 1. The van der Waals surface area contributed by atoms with Crippen LogP contribution in [0, 0.1) is 5.92 Å². The predicted molar refractivity (Wildman–Crippen MR) is 78.8 cm³/mol. The van der Waals surface area contributed by atoms with Gasteiger partial charge in [0, 0.05) is 17.6 Å². The van der Waals surface area contributed by atoms with Crippen molar-refractivity contribution in [3.63, 3.8) is 0 Å². The molecule has 20 heavy (non-hydrogen) atoms. The molecule has 0 amide bonds. The fourth-order valence-electron chi connectivity index (χ4n) is 1.85. The molecule has 0 heterocycles. The van der Waals surface area contributed by atoms with Gasteiger partial charge >= 0.3 is 6.18 Å². The molecule has 0 bridgehead atoms. The van der Waals surface area contributed by atoms with Gasteiger partial charge in [0.1, 0.15) is 5.92 Å². The average molecular weight is 325 g/mol. The first-order valence-electron chi connectivity index (χ1n) is 5.95. The van der Waals surface area contributed by atoms with Crippen molar-refractivity contribution in [2.24, 2.45) is 11.7 Å². The average Bonchev–Trinajstić information content (AvgIpc) is 2.33. The smallest absolute Gasteiger partial charge is 0.393 e. The molecule has 0 spiro atoms. The van der Waals surface area contributed by atoms with E-state index in [0.717, 1.165) is 5.56 Å². The minimum atomic E-state index is -4.44. The summed E-state index contributed by atoms with van der Waals surface area (Å²) < 4.78 is 38.6. The zero-order valence-electron chi connectivity index (χ0n) is 11.1. The van der Waals surface area contributed by atoms with E-state index >= 15 is 0 Å². The number of rotatable bonds is 5. The predicted octanol–water partition coefficient (Wildman–Crippen LogP) is 3.80. The van der Waals surface area contributed by atoms with Crippen molar-refractivity contribution >= 4 is 28.8 Å². The van der Waals surface area contributed by atoms with Crippen LogP contribution in [0.15, 0.2) is 24.3 Å². The fourth-order valence-corrected chi connectivity index (χ4v) is 2.35. The third-order valence-corrected chi connectivity index (χ3v) is 3.85. The van der Waals surface area contributed by atoms with Crippen LogP contribution < -0.4 is 5.73 Å². The van der Waals surface area contributed by atoms with Crippen LogP contribution in [0.5, 0.6) is 0 Å². The van der Waals surface area contributed by atoms with Crippen molar-refractivity contribution in [2.75, 3.05) is 13.6 Å². The van der Waals surface area contributed by atoms with E-state index in [0.29, 0.717) is 5.02 Å². The molecule has 0 radical (unpaired) electrons. The molecule has 2 nitrogen and oxygen atoms in total. The molecule has 0 aliphatic rings. The summed E-state index contributed by atoms with van der Waals surface area (Å²) in [6.07, 6.45) is -4.44. The normalized spacial score (nSPS) is 15.2. The Balaban J connectivity index is 2.87. The summed E-state index contributed by atoms with van der Waals surface area (Å²) >= 11 is 10.6. The zero-order chi connectivity index (χ0) is 15.5. The second-order valence-corrected chi connectivity index (χ2v) is 5.51. The Morgan fingerprint density at radius 2 is 1.95 bits per heavy atom. The van der Waals surface area contributed by atoms with Gasteiger partial charge in [-0.25, -0.2) is 0 Å². The molecule has 0 aliphatic heterocycles. The highest BCUT2D eigenvalue weighted by Gasteiger charge is 2.42. The van der Waals surface area contributed by atoms with E-state index in [1.165, 1.54) is 0 Å². The van der Waals surface area contributed by atoms with Crippen molar-refractivity contribution < 1.29 is 13.2 Å². The molecule has 1 aromatic carbocycles. The van der Waals surface area contributed by atoms with Gasteiger partial charge in [0.25, 0.3) is 0 Å². The van der Waals surface area contributed by atoms with E-state index in [4.69, 9.17) is 17.3 Å². The van der Waals surface area contributed by atoms with Gasteiger partial charge in [-0.3, -0.25) is 4.90 Å². The second kappa shape index (κ2) is 6.74. The molecule has 0 saturated carbocycles. The van der Waals surface area contributed by atoms with Crippen LogP contribution in [-0.4, -0.2) is 29.7 Å². The lowest BCUT2D eigenvalue weighted by atomic mass is 10.0. The fraction of sp³-hybridized carbons (Fsp3) is 0.462. The lowest BCUT2D eigenvalue weighted by molar-refractivity contribution is -0.159. The van der Waals surface area contributed by atoms with Crippen LogP contribution in [0.4, 0.5) is 13.2 Å². The monoisotopic (exact) mass is 324 g/mol. The van der Waals surface area contributed by atoms with Crippen molar-refractivity contribution in [3.8, 4) is 0 Å². The third-order valence-electron chi connectivity index (χ3n) is 3.23. The summed E-state index contributed by atoms with van der Waals surface area (Å²) in [6.45, 7) is 1.49. The molecule has 0 aromatic heterocycles. The Labute approximate surface area is 126 Å². The molecule has 0 aliphatic carbocycles. The minimum absolute atomic E-state index is 0.275. The first kappa shape index (κ1) is 17.2. The minimum Gasteiger partial charge on any atom is -0.393 e. The Kier molecular flexibility index (Phi) is 5.79. The number of nitrogens with zero attached hydrogens (tertiary/aromatic N) is 1. The highest BCUT2D eigenvalue weighted by atomic mass is 35.5. The quantitative estimate of drug-likeness (QED) is 0.835. The largest absolute Gasteiger partial charge is 0.399 e. The van der Waals surface area contributed by atoms with Gasteiger partial charge in [0.15, 0.2) is 0 Å². The summed E-state index contributed by atoms with van der Waals surface area (Å²) in [5, 5.41) is 0.519. The summed E-state index contributed by atoms with van der Waals surface area (Å²) in [7, 11) is 1.59. The number of halogens is 4. The van der Waals surface area contributed by atoms with Crippen LogP contribution in [0.2, 0.25) is 5.02 Å². The van der Waals surface area contributed by atoms with Crippen LogP contribution in [-0.2, 0) is 0 Å². The van der Waals surface area contributed by atoms with Gasteiger partial charge < -0.3 is 5.73 Å². The molecule has 2 N–H and O–H groups in total. The van der Waals surface area contributed by atoms with Crippen LogP contribution in [0.3, 0.4) is 0 Å². The number of thiocarbonyl (C=S) groups is 1. The highest BCUT2D eigenvalue weighted by Crippen LogP contribution is 2.31. The van der Waals surface area contributed by atoms with Gasteiger partial charge in [-0.05, 0) is 25.6 Å². The second-order valence-electron chi connectivity index (χ2n) is 4.63. The topological polar surface area (TPSA) is 29.3 Å². The maximum atomic E-state index is 12.9. The first-order valence-corrected chi connectivity index (χ1v) is 6.74. The highest BCUT2D eigenvalue weighted by molar-refractivity contribution is 7.80.